The third-order valence-electron chi connectivity index (χ3n) is 3.17. The van der Waals surface area contributed by atoms with Crippen molar-refractivity contribution in [3.63, 3.8) is 0 Å². The Bertz CT molecular complexity index is 431. The van der Waals surface area contributed by atoms with Crippen LogP contribution in [0, 0.1) is 10.1 Å². The molecule has 1 aromatic heterocycles. The van der Waals surface area contributed by atoms with Crippen LogP contribution in [0.4, 0.5) is 11.5 Å². The smallest absolute Gasteiger partial charge is 0.312 e. The quantitative estimate of drug-likeness (QED) is 0.619. The van der Waals surface area contributed by atoms with Crippen LogP contribution >= 0.6 is 15.9 Å². The molecule has 0 radical (unpaired) electrons. The Balaban J connectivity index is 2.27. The van der Waals surface area contributed by atoms with Crippen molar-refractivity contribution in [1.82, 2.24) is 4.98 Å². The van der Waals surface area contributed by atoms with Crippen molar-refractivity contribution in [1.29, 1.82) is 0 Å². The second kappa shape index (κ2) is 6.13. The standard InChI is InChI=1S/C12H16BrN3O2/c13-10-8-11(16(17)18)12(14-9-10)15-6-4-2-1-3-5-7-15/h8-9H,1-7H2. The summed E-state index contributed by atoms with van der Waals surface area (Å²) in [5.41, 5.74) is 0.0879. The topological polar surface area (TPSA) is 59.3 Å². The van der Waals surface area contributed by atoms with Gasteiger partial charge in [0.2, 0.25) is 5.82 Å². The summed E-state index contributed by atoms with van der Waals surface area (Å²) in [5, 5.41) is 11.1. The molecule has 1 saturated heterocycles. The predicted octanol–water partition coefficient (Wildman–Crippen LogP) is 3.52. The lowest BCUT2D eigenvalue weighted by Gasteiger charge is -2.25. The van der Waals surface area contributed by atoms with Crippen LogP contribution in [-0.2, 0) is 0 Å². The summed E-state index contributed by atoms with van der Waals surface area (Å²) in [6, 6.07) is 1.53. The molecule has 5 nitrogen and oxygen atoms in total. The van der Waals surface area contributed by atoms with Crippen molar-refractivity contribution in [2.24, 2.45) is 0 Å². The summed E-state index contributed by atoms with van der Waals surface area (Å²) < 4.78 is 0.644. The lowest BCUT2D eigenvalue weighted by atomic mass is 10.1. The van der Waals surface area contributed by atoms with Gasteiger partial charge in [-0.3, -0.25) is 10.1 Å². The molecule has 0 aromatic carbocycles. The van der Waals surface area contributed by atoms with E-state index in [1.807, 2.05) is 4.90 Å². The van der Waals surface area contributed by atoms with Crippen LogP contribution in [0.2, 0.25) is 0 Å². The minimum Gasteiger partial charge on any atom is -0.351 e. The molecule has 0 bridgehead atoms. The highest BCUT2D eigenvalue weighted by molar-refractivity contribution is 9.10. The molecule has 0 amide bonds. The first kappa shape index (κ1) is 13.3. The van der Waals surface area contributed by atoms with E-state index in [0.29, 0.717) is 10.3 Å². The molecule has 6 heteroatoms. The van der Waals surface area contributed by atoms with Gasteiger partial charge < -0.3 is 4.90 Å². The van der Waals surface area contributed by atoms with Crippen molar-refractivity contribution in [2.75, 3.05) is 18.0 Å². The average molecular weight is 314 g/mol. The first-order valence-electron chi connectivity index (χ1n) is 6.23. The van der Waals surface area contributed by atoms with Crippen LogP contribution in [0.25, 0.3) is 0 Å². The molecular weight excluding hydrogens is 298 g/mol. The molecule has 0 spiro atoms. The third-order valence-corrected chi connectivity index (χ3v) is 3.60. The van der Waals surface area contributed by atoms with E-state index in [4.69, 9.17) is 0 Å². The lowest BCUT2D eigenvalue weighted by molar-refractivity contribution is -0.384. The molecule has 2 rings (SSSR count). The number of anilines is 1. The number of aromatic nitrogens is 1. The summed E-state index contributed by atoms with van der Waals surface area (Å²) in [4.78, 5) is 17.0. The van der Waals surface area contributed by atoms with Crippen LogP contribution in [0.1, 0.15) is 32.1 Å². The van der Waals surface area contributed by atoms with E-state index in [9.17, 15) is 10.1 Å². The van der Waals surface area contributed by atoms with Crippen molar-refractivity contribution < 1.29 is 4.92 Å². The monoisotopic (exact) mass is 313 g/mol. The van der Waals surface area contributed by atoms with Crippen molar-refractivity contribution in [2.45, 2.75) is 32.1 Å². The number of halogens is 1. The molecule has 0 unspecified atom stereocenters. The van der Waals surface area contributed by atoms with Gasteiger partial charge in [0.15, 0.2) is 0 Å². The zero-order valence-electron chi connectivity index (χ0n) is 10.1. The molecule has 18 heavy (non-hydrogen) atoms. The fraction of sp³-hybridized carbons (Fsp3) is 0.583. The van der Waals surface area contributed by atoms with E-state index in [0.717, 1.165) is 25.9 Å². The van der Waals surface area contributed by atoms with E-state index in [1.165, 1.54) is 25.3 Å². The van der Waals surface area contributed by atoms with Gasteiger partial charge in [0.1, 0.15) is 0 Å². The second-order valence-electron chi connectivity index (χ2n) is 4.51. The van der Waals surface area contributed by atoms with E-state index in [1.54, 1.807) is 6.20 Å². The number of nitrogens with zero attached hydrogens (tertiary/aromatic N) is 3. The Morgan fingerprint density at radius 2 is 1.83 bits per heavy atom. The van der Waals surface area contributed by atoms with Crippen LogP contribution in [0.15, 0.2) is 16.7 Å². The molecule has 0 saturated carbocycles. The second-order valence-corrected chi connectivity index (χ2v) is 5.42. The Morgan fingerprint density at radius 1 is 1.22 bits per heavy atom. The minimum absolute atomic E-state index is 0.0879. The van der Waals surface area contributed by atoms with Gasteiger partial charge in [-0.15, -0.1) is 0 Å². The highest BCUT2D eigenvalue weighted by atomic mass is 79.9. The van der Waals surface area contributed by atoms with Crippen LogP contribution in [0.3, 0.4) is 0 Å². The maximum Gasteiger partial charge on any atom is 0.312 e. The van der Waals surface area contributed by atoms with Gasteiger partial charge in [0.25, 0.3) is 0 Å². The highest BCUT2D eigenvalue weighted by Gasteiger charge is 2.21. The van der Waals surface area contributed by atoms with Gasteiger partial charge in [0.05, 0.1) is 4.92 Å². The Hall–Kier alpha value is -1.17. The molecule has 1 aromatic rings. The number of hydrogen-bond acceptors (Lipinski definition) is 4. The number of pyridine rings is 1. The van der Waals surface area contributed by atoms with Crippen LogP contribution in [-0.4, -0.2) is 23.0 Å². The third kappa shape index (κ3) is 3.19. The molecule has 98 valence electrons. The maximum atomic E-state index is 11.1. The summed E-state index contributed by atoms with van der Waals surface area (Å²) in [6.07, 6.45) is 7.44. The first-order valence-corrected chi connectivity index (χ1v) is 7.02. The number of nitro groups is 1. The fourth-order valence-electron chi connectivity index (χ4n) is 2.26. The lowest BCUT2D eigenvalue weighted by Crippen LogP contribution is -2.28. The largest absolute Gasteiger partial charge is 0.351 e. The summed E-state index contributed by atoms with van der Waals surface area (Å²) in [6.45, 7) is 1.71. The molecule has 1 aliphatic heterocycles. The Labute approximate surface area is 114 Å². The summed E-state index contributed by atoms with van der Waals surface area (Å²) in [5.74, 6) is 0.505. The summed E-state index contributed by atoms with van der Waals surface area (Å²) >= 11 is 3.23. The molecule has 0 atom stereocenters. The van der Waals surface area contributed by atoms with Gasteiger partial charge >= 0.3 is 5.69 Å². The zero-order chi connectivity index (χ0) is 13.0. The maximum absolute atomic E-state index is 11.1. The summed E-state index contributed by atoms with van der Waals surface area (Å²) in [7, 11) is 0. The first-order chi connectivity index (χ1) is 8.68. The highest BCUT2D eigenvalue weighted by Crippen LogP contribution is 2.29. The van der Waals surface area contributed by atoms with Gasteiger partial charge in [0, 0.05) is 29.8 Å². The zero-order valence-corrected chi connectivity index (χ0v) is 11.7. The average Bonchev–Trinajstić information content (AvgIpc) is 2.29. The Morgan fingerprint density at radius 3 is 2.44 bits per heavy atom. The SMILES string of the molecule is O=[N+]([O-])c1cc(Br)cnc1N1CCCCCCC1. The van der Waals surface area contributed by atoms with Crippen molar-refractivity contribution in [3.8, 4) is 0 Å². The predicted molar refractivity (Wildman–Crippen MR) is 73.9 cm³/mol. The van der Waals surface area contributed by atoms with E-state index < -0.39 is 0 Å². The Kier molecular flexibility index (Phi) is 4.52. The molecule has 0 aliphatic carbocycles. The van der Waals surface area contributed by atoms with E-state index >= 15 is 0 Å². The molecule has 1 aliphatic rings. The van der Waals surface area contributed by atoms with Crippen molar-refractivity contribution in [3.05, 3.63) is 26.9 Å². The number of rotatable bonds is 2. The normalized spacial score (nSPS) is 17.1. The molecule has 0 N–H and O–H groups in total. The molecule has 1 fully saturated rings. The minimum atomic E-state index is -0.355. The van der Waals surface area contributed by atoms with Crippen LogP contribution in [0.5, 0.6) is 0 Å². The number of hydrogen-bond donors (Lipinski definition) is 0. The van der Waals surface area contributed by atoms with Gasteiger partial charge in [-0.25, -0.2) is 4.98 Å². The molecule has 2 heterocycles. The van der Waals surface area contributed by atoms with Gasteiger partial charge in [-0.1, -0.05) is 19.3 Å². The van der Waals surface area contributed by atoms with E-state index in [-0.39, 0.29) is 10.6 Å². The van der Waals surface area contributed by atoms with Gasteiger partial charge in [-0.2, -0.15) is 0 Å². The van der Waals surface area contributed by atoms with Crippen LogP contribution < -0.4 is 4.90 Å². The van der Waals surface area contributed by atoms with E-state index in [2.05, 4.69) is 20.9 Å². The van der Waals surface area contributed by atoms with Gasteiger partial charge in [-0.05, 0) is 28.8 Å². The molecular formula is C12H16BrN3O2. The fourth-order valence-corrected chi connectivity index (χ4v) is 2.58. The van der Waals surface area contributed by atoms with Crippen molar-refractivity contribution >= 4 is 27.4 Å².